The van der Waals surface area contributed by atoms with Crippen LogP contribution in [0.25, 0.3) is 0 Å². The summed E-state index contributed by atoms with van der Waals surface area (Å²) in [5.41, 5.74) is 0.269. The zero-order valence-corrected chi connectivity index (χ0v) is 10.3. The molecule has 0 atom stereocenters. The van der Waals surface area contributed by atoms with E-state index in [4.69, 9.17) is 5.11 Å². The van der Waals surface area contributed by atoms with Gasteiger partial charge in [-0.2, -0.15) is 0 Å². The number of aromatic nitrogens is 2. The summed E-state index contributed by atoms with van der Waals surface area (Å²) < 4.78 is 1.79. The molecule has 0 bridgehead atoms. The van der Waals surface area contributed by atoms with E-state index in [9.17, 15) is 4.79 Å². The second kappa shape index (κ2) is 4.87. The Morgan fingerprint density at radius 2 is 2.35 bits per heavy atom. The van der Waals surface area contributed by atoms with Gasteiger partial charge in [-0.25, -0.2) is 9.78 Å². The first-order valence-corrected chi connectivity index (χ1v) is 6.12. The van der Waals surface area contributed by atoms with Gasteiger partial charge in [0.15, 0.2) is 0 Å². The molecule has 1 aliphatic rings. The van der Waals surface area contributed by atoms with E-state index in [1.807, 2.05) is 13.8 Å². The molecule has 0 unspecified atom stereocenters. The monoisotopic (exact) mass is 237 g/mol. The molecule has 0 aliphatic heterocycles. The highest BCUT2D eigenvalue weighted by atomic mass is 16.4. The minimum absolute atomic E-state index is 0.113. The zero-order valence-electron chi connectivity index (χ0n) is 10.3. The van der Waals surface area contributed by atoms with Crippen LogP contribution >= 0.6 is 0 Å². The summed E-state index contributed by atoms with van der Waals surface area (Å²) in [5, 5.41) is 12.5. The van der Waals surface area contributed by atoms with Crippen molar-refractivity contribution in [3.63, 3.8) is 0 Å². The molecule has 2 rings (SSSR count). The molecule has 5 nitrogen and oxygen atoms in total. The minimum atomic E-state index is -0.916. The molecular formula is C12H19N3O2. The number of nitrogens with zero attached hydrogens (tertiary/aromatic N) is 2. The molecule has 2 N–H and O–H groups in total. The number of hydrogen-bond acceptors (Lipinski definition) is 3. The highest BCUT2D eigenvalue weighted by molar-refractivity contribution is 5.85. The Morgan fingerprint density at radius 1 is 1.65 bits per heavy atom. The Morgan fingerprint density at radius 3 is 2.82 bits per heavy atom. The van der Waals surface area contributed by atoms with Crippen molar-refractivity contribution >= 4 is 5.97 Å². The van der Waals surface area contributed by atoms with Crippen molar-refractivity contribution in [2.24, 2.45) is 0 Å². The number of aromatic carboxylic acids is 1. The van der Waals surface area contributed by atoms with Crippen LogP contribution in [0.5, 0.6) is 0 Å². The van der Waals surface area contributed by atoms with E-state index in [0.29, 0.717) is 12.6 Å². The average Bonchev–Trinajstić information content (AvgIpc) is 2.59. The van der Waals surface area contributed by atoms with Crippen molar-refractivity contribution in [1.29, 1.82) is 0 Å². The predicted molar refractivity (Wildman–Crippen MR) is 64.1 cm³/mol. The normalized spacial score (nSPS) is 16.2. The van der Waals surface area contributed by atoms with Gasteiger partial charge in [0.2, 0.25) is 0 Å². The Balaban J connectivity index is 2.11. The third kappa shape index (κ3) is 2.49. The van der Waals surface area contributed by atoms with Crippen LogP contribution < -0.4 is 5.32 Å². The Labute approximate surface area is 101 Å². The SMILES string of the molecule is CC(C)n1c(C(=O)O)cnc1CNC1CCC1. The van der Waals surface area contributed by atoms with E-state index >= 15 is 0 Å². The first kappa shape index (κ1) is 12.1. The molecule has 1 fully saturated rings. The molecule has 1 heterocycles. The van der Waals surface area contributed by atoms with Gasteiger partial charge in [-0.1, -0.05) is 6.42 Å². The fourth-order valence-corrected chi connectivity index (χ4v) is 2.11. The maximum absolute atomic E-state index is 11.1. The van der Waals surface area contributed by atoms with Gasteiger partial charge in [-0.15, -0.1) is 0 Å². The van der Waals surface area contributed by atoms with Crippen LogP contribution in [-0.2, 0) is 6.54 Å². The summed E-state index contributed by atoms with van der Waals surface area (Å²) in [5.74, 6) is -0.106. The third-order valence-electron chi connectivity index (χ3n) is 3.26. The lowest BCUT2D eigenvalue weighted by Crippen LogP contribution is -2.35. The zero-order chi connectivity index (χ0) is 12.4. The van der Waals surface area contributed by atoms with E-state index in [0.717, 1.165) is 5.82 Å². The molecule has 94 valence electrons. The smallest absolute Gasteiger partial charge is 0.354 e. The largest absolute Gasteiger partial charge is 0.477 e. The van der Waals surface area contributed by atoms with Crippen LogP contribution in [0.3, 0.4) is 0 Å². The van der Waals surface area contributed by atoms with Gasteiger partial charge in [0.05, 0.1) is 12.7 Å². The summed E-state index contributed by atoms with van der Waals surface area (Å²) >= 11 is 0. The molecule has 0 spiro atoms. The molecule has 1 aliphatic carbocycles. The standard InChI is InChI=1S/C12H19N3O2/c1-8(2)15-10(12(16)17)6-14-11(15)7-13-9-4-3-5-9/h6,8-9,13H,3-5,7H2,1-2H3,(H,16,17). The van der Waals surface area contributed by atoms with Crippen LogP contribution in [0, 0.1) is 0 Å². The van der Waals surface area contributed by atoms with E-state index in [-0.39, 0.29) is 11.7 Å². The van der Waals surface area contributed by atoms with Crippen LogP contribution in [0.1, 0.15) is 55.5 Å². The van der Waals surface area contributed by atoms with Crippen LogP contribution in [0.2, 0.25) is 0 Å². The first-order chi connectivity index (χ1) is 8.09. The molecule has 0 aromatic carbocycles. The fraction of sp³-hybridized carbons (Fsp3) is 0.667. The van der Waals surface area contributed by atoms with E-state index in [1.54, 1.807) is 4.57 Å². The van der Waals surface area contributed by atoms with Crippen molar-refractivity contribution in [3.05, 3.63) is 17.7 Å². The summed E-state index contributed by atoms with van der Waals surface area (Å²) in [6, 6.07) is 0.697. The lowest BCUT2D eigenvalue weighted by atomic mass is 9.93. The van der Waals surface area contributed by atoms with Crippen molar-refractivity contribution in [2.75, 3.05) is 0 Å². The number of carbonyl (C=O) groups is 1. The molecule has 0 amide bonds. The minimum Gasteiger partial charge on any atom is -0.477 e. The molecule has 17 heavy (non-hydrogen) atoms. The van der Waals surface area contributed by atoms with Gasteiger partial charge in [0.1, 0.15) is 11.5 Å². The van der Waals surface area contributed by atoms with Crippen LogP contribution in [0.4, 0.5) is 0 Å². The van der Waals surface area contributed by atoms with Gasteiger partial charge < -0.3 is 15.0 Å². The lowest BCUT2D eigenvalue weighted by molar-refractivity contribution is 0.0683. The third-order valence-corrected chi connectivity index (χ3v) is 3.26. The molecular weight excluding hydrogens is 218 g/mol. The van der Waals surface area contributed by atoms with Crippen molar-refractivity contribution < 1.29 is 9.90 Å². The second-order valence-corrected chi connectivity index (χ2v) is 4.84. The van der Waals surface area contributed by atoms with Crippen LogP contribution in [-0.4, -0.2) is 26.7 Å². The first-order valence-electron chi connectivity index (χ1n) is 6.12. The van der Waals surface area contributed by atoms with E-state index in [2.05, 4.69) is 10.3 Å². The molecule has 5 heteroatoms. The summed E-state index contributed by atoms with van der Waals surface area (Å²) in [6.45, 7) is 4.60. The van der Waals surface area contributed by atoms with Gasteiger partial charge in [0.25, 0.3) is 0 Å². The molecule has 1 saturated carbocycles. The molecule has 1 aromatic heterocycles. The quantitative estimate of drug-likeness (QED) is 0.819. The van der Waals surface area contributed by atoms with Crippen molar-refractivity contribution in [1.82, 2.24) is 14.9 Å². The lowest BCUT2D eigenvalue weighted by Gasteiger charge is -2.26. The van der Waals surface area contributed by atoms with Gasteiger partial charge in [-0.3, -0.25) is 0 Å². The Hall–Kier alpha value is -1.36. The van der Waals surface area contributed by atoms with E-state index < -0.39 is 5.97 Å². The highest BCUT2D eigenvalue weighted by Gasteiger charge is 2.20. The number of nitrogens with one attached hydrogen (secondary N) is 1. The Kier molecular flexibility index (Phi) is 3.47. The predicted octanol–water partition coefficient (Wildman–Crippen LogP) is 1.80. The van der Waals surface area contributed by atoms with E-state index in [1.165, 1.54) is 25.5 Å². The maximum Gasteiger partial charge on any atom is 0.354 e. The number of rotatable bonds is 5. The van der Waals surface area contributed by atoms with Crippen molar-refractivity contribution in [2.45, 2.75) is 51.7 Å². The van der Waals surface area contributed by atoms with Crippen LogP contribution in [0.15, 0.2) is 6.20 Å². The summed E-state index contributed by atoms with van der Waals surface area (Å²) in [7, 11) is 0. The molecule has 0 radical (unpaired) electrons. The second-order valence-electron chi connectivity index (χ2n) is 4.84. The number of imidazole rings is 1. The van der Waals surface area contributed by atoms with Gasteiger partial charge >= 0.3 is 5.97 Å². The summed E-state index contributed by atoms with van der Waals surface area (Å²) in [6.07, 6.45) is 5.17. The fourth-order valence-electron chi connectivity index (χ4n) is 2.11. The van der Waals surface area contributed by atoms with Gasteiger partial charge in [0, 0.05) is 12.1 Å². The Bertz CT molecular complexity index is 408. The number of carboxylic acid groups (broad SMARTS) is 1. The number of carboxylic acids is 1. The molecule has 0 saturated heterocycles. The summed E-state index contributed by atoms with van der Waals surface area (Å²) in [4.78, 5) is 15.3. The maximum atomic E-state index is 11.1. The highest BCUT2D eigenvalue weighted by Crippen LogP contribution is 2.19. The molecule has 1 aromatic rings. The van der Waals surface area contributed by atoms with Gasteiger partial charge in [-0.05, 0) is 26.7 Å². The average molecular weight is 237 g/mol. The van der Waals surface area contributed by atoms with Crippen molar-refractivity contribution in [3.8, 4) is 0 Å². The topological polar surface area (TPSA) is 67.2 Å². The number of hydrogen-bond donors (Lipinski definition) is 2.